The smallest absolute Gasteiger partial charge is 0.255 e. The molecule has 0 bridgehead atoms. The zero-order chi connectivity index (χ0) is 13.5. The fraction of sp³-hybridized carbons (Fsp3) is 0.308. The van der Waals surface area contributed by atoms with Crippen molar-refractivity contribution in [2.24, 2.45) is 0 Å². The molecule has 0 spiro atoms. The van der Waals surface area contributed by atoms with E-state index in [4.69, 9.17) is 0 Å². The third kappa shape index (κ3) is 3.75. The molecular weight excluding hydrogens is 260 g/mol. The van der Waals surface area contributed by atoms with Crippen LogP contribution in [0.2, 0.25) is 0 Å². The van der Waals surface area contributed by atoms with Gasteiger partial charge in [-0.05, 0) is 19.1 Å². The van der Waals surface area contributed by atoms with Crippen molar-refractivity contribution >= 4 is 23.1 Å². The Morgan fingerprint density at radius 3 is 3.00 bits per heavy atom. The van der Waals surface area contributed by atoms with Crippen LogP contribution in [0.25, 0.3) is 0 Å². The molecule has 19 heavy (non-hydrogen) atoms. The average Bonchev–Trinajstić information content (AvgIpc) is 2.93. The number of nitrogens with one attached hydrogen (secondary N) is 2. The molecule has 0 unspecified atom stereocenters. The zero-order valence-corrected chi connectivity index (χ0v) is 11.5. The Morgan fingerprint density at radius 1 is 1.37 bits per heavy atom. The summed E-state index contributed by atoms with van der Waals surface area (Å²) in [6.45, 7) is 3.28. The van der Waals surface area contributed by atoms with E-state index in [9.17, 15) is 4.79 Å². The zero-order valence-electron chi connectivity index (χ0n) is 10.7. The monoisotopic (exact) mass is 276 g/mol. The van der Waals surface area contributed by atoms with E-state index in [0.29, 0.717) is 17.9 Å². The van der Waals surface area contributed by atoms with E-state index in [2.05, 4.69) is 20.6 Å². The molecule has 0 radical (unpaired) electrons. The second kappa shape index (κ2) is 6.84. The molecule has 0 aliphatic carbocycles. The molecule has 2 rings (SSSR count). The molecule has 0 aliphatic heterocycles. The average molecular weight is 276 g/mol. The number of aromatic nitrogens is 2. The maximum Gasteiger partial charge on any atom is 0.255 e. The Balaban J connectivity index is 1.92. The number of carbonyl (C=O) groups excluding carboxylic acids is 1. The van der Waals surface area contributed by atoms with Crippen molar-refractivity contribution in [2.75, 3.05) is 18.4 Å². The van der Waals surface area contributed by atoms with Gasteiger partial charge >= 0.3 is 0 Å². The predicted molar refractivity (Wildman–Crippen MR) is 76.6 cm³/mol. The Morgan fingerprint density at radius 2 is 2.26 bits per heavy atom. The number of thiazole rings is 1. The van der Waals surface area contributed by atoms with Crippen LogP contribution in [-0.4, -0.2) is 29.0 Å². The summed E-state index contributed by atoms with van der Waals surface area (Å²) in [5, 5.41) is 8.92. The van der Waals surface area contributed by atoms with Crippen LogP contribution in [-0.2, 0) is 6.42 Å². The minimum absolute atomic E-state index is 0.111. The number of pyridine rings is 1. The van der Waals surface area contributed by atoms with Gasteiger partial charge in [-0.25, -0.2) is 9.97 Å². The van der Waals surface area contributed by atoms with Gasteiger partial charge in [-0.1, -0.05) is 0 Å². The minimum Gasteiger partial charge on any atom is -0.370 e. The molecule has 0 saturated heterocycles. The number of hydrogen-bond donors (Lipinski definition) is 2. The maximum atomic E-state index is 12.1. The lowest BCUT2D eigenvalue weighted by Gasteiger charge is -2.09. The lowest BCUT2D eigenvalue weighted by Crippen LogP contribution is -2.26. The first kappa shape index (κ1) is 13.5. The summed E-state index contributed by atoms with van der Waals surface area (Å²) in [6.07, 6.45) is 4.19. The van der Waals surface area contributed by atoms with E-state index in [1.165, 1.54) is 0 Å². The van der Waals surface area contributed by atoms with Gasteiger partial charge in [0.2, 0.25) is 0 Å². The number of carbonyl (C=O) groups is 1. The molecule has 0 atom stereocenters. The first-order valence-corrected chi connectivity index (χ1v) is 7.04. The lowest BCUT2D eigenvalue weighted by molar-refractivity contribution is 0.0954. The second-order valence-electron chi connectivity index (χ2n) is 3.86. The Bertz CT molecular complexity index is 527. The quantitative estimate of drug-likeness (QED) is 0.846. The van der Waals surface area contributed by atoms with Crippen LogP contribution in [0.15, 0.2) is 29.9 Å². The third-order valence-corrected chi connectivity index (χ3v) is 3.34. The van der Waals surface area contributed by atoms with Crippen LogP contribution >= 0.6 is 11.3 Å². The third-order valence-electron chi connectivity index (χ3n) is 2.50. The summed E-state index contributed by atoms with van der Waals surface area (Å²) >= 11 is 1.59. The van der Waals surface area contributed by atoms with Gasteiger partial charge in [-0.2, -0.15) is 0 Å². The molecule has 5 nitrogen and oxygen atoms in total. The van der Waals surface area contributed by atoms with E-state index in [0.717, 1.165) is 18.0 Å². The number of nitrogens with zero attached hydrogens (tertiary/aromatic N) is 2. The molecule has 2 aromatic heterocycles. The molecule has 0 fully saturated rings. The maximum absolute atomic E-state index is 12.1. The molecule has 2 heterocycles. The lowest BCUT2D eigenvalue weighted by atomic mass is 10.2. The summed E-state index contributed by atoms with van der Waals surface area (Å²) in [7, 11) is 0. The predicted octanol–water partition coefficient (Wildman–Crippen LogP) is 1.94. The van der Waals surface area contributed by atoms with Gasteiger partial charge in [0.05, 0.1) is 10.6 Å². The molecule has 0 saturated carbocycles. The molecule has 2 N–H and O–H groups in total. The van der Waals surface area contributed by atoms with Crippen LogP contribution in [0.5, 0.6) is 0 Å². The molecule has 6 heteroatoms. The number of hydrogen-bond acceptors (Lipinski definition) is 5. The summed E-state index contributed by atoms with van der Waals surface area (Å²) in [4.78, 5) is 20.4. The van der Waals surface area contributed by atoms with Gasteiger partial charge in [-0.15, -0.1) is 11.3 Å². The molecular formula is C13H16N4OS. The SMILES string of the molecule is CCNc1ncccc1C(=O)NCCc1nccs1. The second-order valence-corrected chi connectivity index (χ2v) is 4.84. The minimum atomic E-state index is -0.111. The standard InChI is InChI=1S/C13H16N4OS/c1-2-14-12-10(4-3-6-16-12)13(18)17-7-5-11-15-8-9-19-11/h3-4,6,8-9H,2,5,7H2,1H3,(H,14,16)(H,17,18). The number of anilines is 1. The molecule has 0 aromatic carbocycles. The van der Waals surface area contributed by atoms with Gasteiger partial charge in [0.25, 0.3) is 5.91 Å². The van der Waals surface area contributed by atoms with Crippen LogP contribution in [0.3, 0.4) is 0 Å². The Labute approximate surface area is 116 Å². The highest BCUT2D eigenvalue weighted by Gasteiger charge is 2.11. The van der Waals surface area contributed by atoms with Crippen molar-refractivity contribution in [1.29, 1.82) is 0 Å². The highest BCUT2D eigenvalue weighted by Crippen LogP contribution is 2.11. The topological polar surface area (TPSA) is 66.9 Å². The first-order valence-electron chi connectivity index (χ1n) is 6.16. The van der Waals surface area contributed by atoms with Crippen LogP contribution in [0.1, 0.15) is 22.3 Å². The van der Waals surface area contributed by atoms with Gasteiger partial charge in [0, 0.05) is 37.3 Å². The van der Waals surface area contributed by atoms with Gasteiger partial charge in [-0.3, -0.25) is 4.79 Å². The van der Waals surface area contributed by atoms with E-state index in [1.54, 1.807) is 35.9 Å². The Hall–Kier alpha value is -1.95. The van der Waals surface area contributed by atoms with Crippen molar-refractivity contribution in [3.63, 3.8) is 0 Å². The largest absolute Gasteiger partial charge is 0.370 e. The molecule has 100 valence electrons. The summed E-state index contributed by atoms with van der Waals surface area (Å²) in [5.41, 5.74) is 0.573. The summed E-state index contributed by atoms with van der Waals surface area (Å²) < 4.78 is 0. The molecule has 1 amide bonds. The normalized spacial score (nSPS) is 10.2. The highest BCUT2D eigenvalue weighted by atomic mass is 32.1. The highest BCUT2D eigenvalue weighted by molar-refractivity contribution is 7.09. The van der Waals surface area contributed by atoms with Crippen molar-refractivity contribution in [1.82, 2.24) is 15.3 Å². The summed E-state index contributed by atoms with van der Waals surface area (Å²) in [5.74, 6) is 0.511. The van der Waals surface area contributed by atoms with E-state index in [-0.39, 0.29) is 5.91 Å². The van der Waals surface area contributed by atoms with Gasteiger partial charge < -0.3 is 10.6 Å². The van der Waals surface area contributed by atoms with E-state index in [1.807, 2.05) is 12.3 Å². The summed E-state index contributed by atoms with van der Waals surface area (Å²) in [6, 6.07) is 3.53. The number of amides is 1. The van der Waals surface area contributed by atoms with Crippen molar-refractivity contribution in [3.05, 3.63) is 40.5 Å². The Kier molecular flexibility index (Phi) is 4.85. The van der Waals surface area contributed by atoms with E-state index >= 15 is 0 Å². The number of rotatable bonds is 6. The van der Waals surface area contributed by atoms with Crippen molar-refractivity contribution in [2.45, 2.75) is 13.3 Å². The van der Waals surface area contributed by atoms with Crippen molar-refractivity contribution < 1.29 is 4.79 Å². The molecule has 2 aromatic rings. The van der Waals surface area contributed by atoms with Gasteiger partial charge in [0.1, 0.15) is 5.82 Å². The van der Waals surface area contributed by atoms with Crippen molar-refractivity contribution in [3.8, 4) is 0 Å². The molecule has 0 aliphatic rings. The van der Waals surface area contributed by atoms with Crippen LogP contribution < -0.4 is 10.6 Å². The fourth-order valence-electron chi connectivity index (χ4n) is 1.65. The van der Waals surface area contributed by atoms with Gasteiger partial charge in [0.15, 0.2) is 0 Å². The first-order chi connectivity index (χ1) is 9.31. The van der Waals surface area contributed by atoms with Crippen LogP contribution in [0.4, 0.5) is 5.82 Å². The van der Waals surface area contributed by atoms with E-state index < -0.39 is 0 Å². The fourth-order valence-corrected chi connectivity index (χ4v) is 2.27. The van der Waals surface area contributed by atoms with Crippen LogP contribution in [0, 0.1) is 0 Å².